The number of nitrogens with zero attached hydrogens (tertiary/aromatic N) is 1. The topological polar surface area (TPSA) is 62.8 Å². The molecule has 1 heterocycles. The second kappa shape index (κ2) is 9.44. The van der Waals surface area contributed by atoms with Gasteiger partial charge in [-0.2, -0.15) is 0 Å². The summed E-state index contributed by atoms with van der Waals surface area (Å²) in [5, 5.41) is 7.03. The maximum Gasteiger partial charge on any atom is 0.251 e. The largest absolute Gasteiger partial charge is 0.497 e. The van der Waals surface area contributed by atoms with Crippen LogP contribution in [0.1, 0.15) is 23.2 Å². The first kappa shape index (κ1) is 18.5. The number of methoxy groups -OCH3 is 2. The molecule has 0 spiro atoms. The van der Waals surface area contributed by atoms with Crippen LogP contribution in [-0.2, 0) is 4.74 Å². The lowest BCUT2D eigenvalue weighted by molar-refractivity contribution is 0.0922. The lowest BCUT2D eigenvalue weighted by atomic mass is 10.0. The Hall–Kier alpha value is -1.86. The number of piperidine rings is 1. The number of rotatable bonds is 6. The predicted octanol–water partition coefficient (Wildman–Crippen LogP) is 1.41. The van der Waals surface area contributed by atoms with Gasteiger partial charge in [-0.25, -0.2) is 0 Å². The lowest BCUT2D eigenvalue weighted by Gasteiger charge is -2.34. The third kappa shape index (κ3) is 5.35. The molecule has 0 aliphatic carbocycles. The maximum absolute atomic E-state index is 12.3. The van der Waals surface area contributed by atoms with Gasteiger partial charge in [0.2, 0.25) is 0 Å². The zero-order chi connectivity index (χ0) is 17.4. The standard InChI is InChI=1S/C17H25N3O3S/c1-22-12-9-18-17(24)20-10-7-14(8-11-20)19-16(21)13-3-5-15(23-2)6-4-13/h3-6,14H,7-12H2,1-2H3,(H,18,24)(H,19,21). The Morgan fingerprint density at radius 3 is 2.50 bits per heavy atom. The van der Waals surface area contributed by atoms with Gasteiger partial charge in [-0.1, -0.05) is 0 Å². The minimum Gasteiger partial charge on any atom is -0.497 e. The number of benzene rings is 1. The fourth-order valence-electron chi connectivity index (χ4n) is 2.61. The van der Waals surface area contributed by atoms with Gasteiger partial charge in [0.05, 0.1) is 13.7 Å². The van der Waals surface area contributed by atoms with E-state index in [9.17, 15) is 4.79 Å². The van der Waals surface area contributed by atoms with E-state index in [0.717, 1.165) is 36.8 Å². The molecule has 1 aromatic carbocycles. The van der Waals surface area contributed by atoms with E-state index >= 15 is 0 Å². The van der Waals surface area contributed by atoms with E-state index in [-0.39, 0.29) is 11.9 Å². The summed E-state index contributed by atoms with van der Waals surface area (Å²) in [4.78, 5) is 14.4. The van der Waals surface area contributed by atoms with Crippen molar-refractivity contribution < 1.29 is 14.3 Å². The summed E-state index contributed by atoms with van der Waals surface area (Å²) in [5.41, 5.74) is 0.648. The number of hydrogen-bond donors (Lipinski definition) is 2. The first-order valence-electron chi connectivity index (χ1n) is 8.10. The van der Waals surface area contributed by atoms with Gasteiger partial charge in [-0.15, -0.1) is 0 Å². The fourth-order valence-corrected chi connectivity index (χ4v) is 2.89. The fraction of sp³-hybridized carbons (Fsp3) is 0.529. The minimum atomic E-state index is -0.0445. The zero-order valence-electron chi connectivity index (χ0n) is 14.2. The van der Waals surface area contributed by atoms with Crippen molar-refractivity contribution in [3.8, 4) is 5.75 Å². The van der Waals surface area contributed by atoms with Crippen molar-refractivity contribution >= 4 is 23.2 Å². The second-order valence-electron chi connectivity index (χ2n) is 5.69. The van der Waals surface area contributed by atoms with Gasteiger partial charge in [-0.3, -0.25) is 4.79 Å². The number of thiocarbonyl (C=S) groups is 1. The second-order valence-corrected chi connectivity index (χ2v) is 6.07. The normalized spacial score (nSPS) is 15.0. The van der Waals surface area contributed by atoms with Crippen LogP contribution in [0.4, 0.5) is 0 Å². The summed E-state index contributed by atoms with van der Waals surface area (Å²) in [6.07, 6.45) is 1.77. The zero-order valence-corrected chi connectivity index (χ0v) is 15.0. The molecule has 132 valence electrons. The molecule has 24 heavy (non-hydrogen) atoms. The predicted molar refractivity (Wildman–Crippen MR) is 97.5 cm³/mol. The molecule has 2 N–H and O–H groups in total. The van der Waals surface area contributed by atoms with Crippen LogP contribution in [0.25, 0.3) is 0 Å². The van der Waals surface area contributed by atoms with Crippen LogP contribution >= 0.6 is 12.2 Å². The molecule has 0 bridgehead atoms. The summed E-state index contributed by atoms with van der Waals surface area (Å²) >= 11 is 5.37. The van der Waals surface area contributed by atoms with Gasteiger partial charge < -0.3 is 25.0 Å². The Morgan fingerprint density at radius 1 is 1.25 bits per heavy atom. The van der Waals surface area contributed by atoms with Crippen molar-refractivity contribution in [1.29, 1.82) is 0 Å². The maximum atomic E-state index is 12.3. The lowest BCUT2D eigenvalue weighted by Crippen LogP contribution is -2.49. The highest BCUT2D eigenvalue weighted by atomic mass is 32.1. The quantitative estimate of drug-likeness (QED) is 0.597. The molecule has 0 radical (unpaired) electrons. The van der Waals surface area contributed by atoms with Gasteiger partial charge in [0.1, 0.15) is 5.75 Å². The Kier molecular flexibility index (Phi) is 7.27. The van der Waals surface area contributed by atoms with Gasteiger partial charge in [0.15, 0.2) is 5.11 Å². The molecule has 7 heteroatoms. The van der Waals surface area contributed by atoms with Crippen molar-refractivity contribution in [2.75, 3.05) is 40.5 Å². The van der Waals surface area contributed by atoms with Crippen LogP contribution in [0.15, 0.2) is 24.3 Å². The summed E-state index contributed by atoms with van der Waals surface area (Å²) in [6.45, 7) is 3.02. The van der Waals surface area contributed by atoms with E-state index in [4.69, 9.17) is 21.7 Å². The molecule has 0 aromatic heterocycles. The molecule has 1 saturated heterocycles. The van der Waals surface area contributed by atoms with E-state index < -0.39 is 0 Å². The van der Waals surface area contributed by atoms with E-state index in [1.54, 1.807) is 38.5 Å². The van der Waals surface area contributed by atoms with Crippen molar-refractivity contribution in [3.63, 3.8) is 0 Å². The van der Waals surface area contributed by atoms with Gasteiger partial charge >= 0.3 is 0 Å². The van der Waals surface area contributed by atoms with Gasteiger partial charge in [0, 0.05) is 38.3 Å². The van der Waals surface area contributed by atoms with Gasteiger partial charge in [0.25, 0.3) is 5.91 Å². The minimum absolute atomic E-state index is 0.0445. The average Bonchev–Trinajstić information content (AvgIpc) is 2.62. The van der Waals surface area contributed by atoms with Crippen LogP contribution in [-0.4, -0.2) is 62.4 Å². The van der Waals surface area contributed by atoms with Crippen LogP contribution in [0.3, 0.4) is 0 Å². The molecule has 6 nitrogen and oxygen atoms in total. The summed E-state index contributed by atoms with van der Waals surface area (Å²) in [7, 11) is 3.28. The monoisotopic (exact) mass is 351 g/mol. The molecule has 1 fully saturated rings. The molecular formula is C17H25N3O3S. The molecule has 2 rings (SSSR count). The molecule has 0 atom stereocenters. The number of carbonyl (C=O) groups is 1. The molecule has 1 aromatic rings. The van der Waals surface area contributed by atoms with E-state index in [2.05, 4.69) is 15.5 Å². The average molecular weight is 351 g/mol. The number of ether oxygens (including phenoxy) is 2. The van der Waals surface area contributed by atoms with Crippen molar-refractivity contribution in [2.24, 2.45) is 0 Å². The Bertz CT molecular complexity index is 543. The molecule has 1 aliphatic rings. The summed E-state index contributed by atoms with van der Waals surface area (Å²) in [6, 6.07) is 7.32. The Morgan fingerprint density at radius 2 is 1.92 bits per heavy atom. The molecular weight excluding hydrogens is 326 g/mol. The SMILES string of the molecule is COCCNC(=S)N1CCC(NC(=O)c2ccc(OC)cc2)CC1. The van der Waals surface area contributed by atoms with E-state index in [0.29, 0.717) is 18.7 Å². The third-order valence-corrected chi connectivity index (χ3v) is 4.45. The van der Waals surface area contributed by atoms with Crippen LogP contribution in [0, 0.1) is 0 Å². The highest BCUT2D eigenvalue weighted by Gasteiger charge is 2.22. The molecule has 1 aliphatic heterocycles. The van der Waals surface area contributed by atoms with Crippen molar-refractivity contribution in [2.45, 2.75) is 18.9 Å². The van der Waals surface area contributed by atoms with Crippen molar-refractivity contribution in [3.05, 3.63) is 29.8 Å². The van der Waals surface area contributed by atoms with Crippen molar-refractivity contribution in [1.82, 2.24) is 15.5 Å². The third-order valence-electron chi connectivity index (χ3n) is 4.05. The molecule has 1 amide bonds. The van der Waals surface area contributed by atoms with Crippen LogP contribution in [0.5, 0.6) is 5.75 Å². The summed E-state index contributed by atoms with van der Waals surface area (Å²) in [5.74, 6) is 0.700. The number of nitrogens with one attached hydrogen (secondary N) is 2. The highest BCUT2D eigenvalue weighted by molar-refractivity contribution is 7.80. The van der Waals surface area contributed by atoms with E-state index in [1.165, 1.54) is 0 Å². The Labute approximate surface area is 148 Å². The summed E-state index contributed by atoms with van der Waals surface area (Å²) < 4.78 is 10.1. The Balaban J connectivity index is 1.75. The number of likely N-dealkylation sites (tertiary alicyclic amines) is 1. The number of amides is 1. The smallest absolute Gasteiger partial charge is 0.251 e. The van der Waals surface area contributed by atoms with E-state index in [1.807, 2.05) is 0 Å². The van der Waals surface area contributed by atoms with Crippen LogP contribution in [0.2, 0.25) is 0 Å². The number of hydrogen-bond acceptors (Lipinski definition) is 4. The first-order valence-corrected chi connectivity index (χ1v) is 8.51. The highest BCUT2D eigenvalue weighted by Crippen LogP contribution is 2.14. The molecule has 0 saturated carbocycles. The first-order chi connectivity index (χ1) is 11.6. The van der Waals surface area contributed by atoms with Crippen LogP contribution < -0.4 is 15.4 Å². The number of carbonyl (C=O) groups excluding carboxylic acids is 1. The molecule has 0 unspecified atom stereocenters. The van der Waals surface area contributed by atoms with Gasteiger partial charge in [-0.05, 0) is 49.3 Å².